The Hall–Kier alpha value is -3.32. The molecule has 0 fully saturated rings. The molecule has 0 radical (unpaired) electrons. The number of carbonyl (C=O) groups is 2. The van der Waals surface area contributed by atoms with Gasteiger partial charge in [0.2, 0.25) is 5.91 Å². The van der Waals surface area contributed by atoms with E-state index in [9.17, 15) is 9.59 Å². The molecule has 1 aromatic heterocycles. The van der Waals surface area contributed by atoms with Gasteiger partial charge in [0.1, 0.15) is 12.2 Å². The van der Waals surface area contributed by atoms with Crippen molar-refractivity contribution in [1.29, 1.82) is 0 Å². The number of nitrogens with zero attached hydrogens (tertiary/aromatic N) is 1. The summed E-state index contributed by atoms with van der Waals surface area (Å²) >= 11 is 0. The van der Waals surface area contributed by atoms with E-state index < -0.39 is 5.97 Å². The molecule has 1 aliphatic rings. The number of aromatic nitrogens is 1. The van der Waals surface area contributed by atoms with Gasteiger partial charge >= 0.3 is 5.97 Å². The maximum atomic E-state index is 13.0. The minimum absolute atomic E-state index is 0.251. The Morgan fingerprint density at radius 1 is 1.16 bits per heavy atom. The molecular weight excluding hydrogens is 408 g/mol. The monoisotopic (exact) mass is 436 g/mol. The molecule has 168 valence electrons. The maximum absolute atomic E-state index is 13.0. The van der Waals surface area contributed by atoms with E-state index in [0.717, 1.165) is 33.5 Å². The lowest BCUT2D eigenvalue weighted by molar-refractivity contribution is -0.150. The third-order valence-electron chi connectivity index (χ3n) is 5.77. The average Bonchev–Trinajstić information content (AvgIpc) is 3.18. The van der Waals surface area contributed by atoms with Crippen molar-refractivity contribution in [3.63, 3.8) is 0 Å². The van der Waals surface area contributed by atoms with E-state index in [1.54, 1.807) is 18.9 Å². The minimum atomic E-state index is -0.506. The van der Waals surface area contributed by atoms with Gasteiger partial charge in [0.05, 0.1) is 33.0 Å². The smallest absolute Gasteiger partial charge is 0.315 e. The lowest BCUT2D eigenvalue weighted by Gasteiger charge is -2.35. The Morgan fingerprint density at radius 2 is 1.97 bits per heavy atom. The minimum Gasteiger partial charge on any atom is -0.497 e. The number of hydrogen-bond acceptors (Lipinski definition) is 5. The third-order valence-corrected chi connectivity index (χ3v) is 5.77. The number of rotatable bonds is 8. The molecule has 4 rings (SSSR count). The van der Waals surface area contributed by atoms with Crippen molar-refractivity contribution in [2.24, 2.45) is 0 Å². The van der Waals surface area contributed by atoms with Crippen LogP contribution < -0.4 is 4.74 Å². The number of methoxy groups -OCH3 is 1. The lowest BCUT2D eigenvalue weighted by atomic mass is 9.97. The second kappa shape index (κ2) is 9.87. The number of ether oxygens (including phenoxy) is 3. The summed E-state index contributed by atoms with van der Waals surface area (Å²) in [6.07, 6.45) is 0.415. The van der Waals surface area contributed by atoms with Crippen molar-refractivity contribution >= 4 is 22.8 Å². The second-order valence-electron chi connectivity index (χ2n) is 7.76. The molecule has 0 saturated heterocycles. The Kier molecular flexibility index (Phi) is 6.75. The molecule has 2 aromatic carbocycles. The number of fused-ring (bicyclic) bond motifs is 3. The Bertz CT molecular complexity index is 1090. The number of carbonyl (C=O) groups excluding carboxylic acids is 2. The summed E-state index contributed by atoms with van der Waals surface area (Å²) in [7, 11) is 1.65. The summed E-state index contributed by atoms with van der Waals surface area (Å²) in [5, 5.41) is 1.09. The van der Waals surface area contributed by atoms with Crippen LogP contribution in [-0.4, -0.2) is 48.6 Å². The molecule has 1 atom stereocenters. The molecule has 32 heavy (non-hydrogen) atoms. The number of H-pyrrole nitrogens is 1. The van der Waals surface area contributed by atoms with Crippen molar-refractivity contribution in [3.05, 3.63) is 65.4 Å². The van der Waals surface area contributed by atoms with E-state index in [4.69, 9.17) is 14.2 Å². The van der Waals surface area contributed by atoms with Gasteiger partial charge in [-0.3, -0.25) is 9.59 Å². The molecule has 1 amide bonds. The Labute approximate surface area is 187 Å². The zero-order chi connectivity index (χ0) is 22.5. The SMILES string of the molecule is CCOC(=O)CC(=O)N1CCc2c([nH]c3ccc(OC)cc23)C1COCc1ccccc1. The number of nitrogens with one attached hydrogen (secondary N) is 1. The van der Waals surface area contributed by atoms with E-state index in [-0.39, 0.29) is 25.0 Å². The summed E-state index contributed by atoms with van der Waals surface area (Å²) in [6, 6.07) is 15.5. The van der Waals surface area contributed by atoms with Gasteiger partial charge in [0.25, 0.3) is 0 Å². The predicted octanol–water partition coefficient (Wildman–Crippen LogP) is 3.77. The molecule has 1 N–H and O–H groups in total. The zero-order valence-electron chi connectivity index (χ0n) is 18.4. The number of aromatic amines is 1. The van der Waals surface area contributed by atoms with Crippen LogP contribution in [0.15, 0.2) is 48.5 Å². The predicted molar refractivity (Wildman–Crippen MR) is 120 cm³/mol. The summed E-state index contributed by atoms with van der Waals surface area (Å²) in [4.78, 5) is 30.1. The highest BCUT2D eigenvalue weighted by atomic mass is 16.5. The molecule has 1 aliphatic heterocycles. The van der Waals surface area contributed by atoms with Gasteiger partial charge in [-0.15, -0.1) is 0 Å². The van der Waals surface area contributed by atoms with Crippen LogP contribution in [0.4, 0.5) is 0 Å². The van der Waals surface area contributed by atoms with E-state index >= 15 is 0 Å². The normalized spacial score (nSPS) is 15.4. The van der Waals surface area contributed by atoms with Crippen LogP contribution in [0.5, 0.6) is 5.75 Å². The van der Waals surface area contributed by atoms with Gasteiger partial charge < -0.3 is 24.1 Å². The van der Waals surface area contributed by atoms with Gasteiger partial charge in [0.15, 0.2) is 0 Å². The summed E-state index contributed by atoms with van der Waals surface area (Å²) < 4.78 is 16.4. The van der Waals surface area contributed by atoms with Crippen LogP contribution in [0.2, 0.25) is 0 Å². The van der Waals surface area contributed by atoms with Crippen molar-refractivity contribution in [1.82, 2.24) is 9.88 Å². The molecule has 0 bridgehead atoms. The number of hydrogen-bond donors (Lipinski definition) is 1. The highest BCUT2D eigenvalue weighted by molar-refractivity contribution is 5.95. The first kappa shape index (κ1) is 21.9. The first-order valence-electron chi connectivity index (χ1n) is 10.9. The van der Waals surface area contributed by atoms with E-state index in [0.29, 0.717) is 26.2 Å². The highest BCUT2D eigenvalue weighted by Gasteiger charge is 2.34. The maximum Gasteiger partial charge on any atom is 0.315 e. The van der Waals surface area contributed by atoms with Crippen molar-refractivity contribution in [2.75, 3.05) is 26.9 Å². The van der Waals surface area contributed by atoms with Crippen LogP contribution in [0.3, 0.4) is 0 Å². The van der Waals surface area contributed by atoms with Gasteiger partial charge in [-0.05, 0) is 42.7 Å². The third kappa shape index (κ3) is 4.62. The molecule has 1 unspecified atom stereocenters. The zero-order valence-corrected chi connectivity index (χ0v) is 18.4. The summed E-state index contributed by atoms with van der Waals surface area (Å²) in [5.41, 5.74) is 4.16. The molecule has 7 heteroatoms. The first-order valence-corrected chi connectivity index (χ1v) is 10.9. The number of benzene rings is 2. The Balaban J connectivity index is 1.61. The molecular formula is C25H28N2O5. The topological polar surface area (TPSA) is 80.9 Å². The quantitative estimate of drug-likeness (QED) is 0.429. The van der Waals surface area contributed by atoms with E-state index in [2.05, 4.69) is 4.98 Å². The summed E-state index contributed by atoms with van der Waals surface area (Å²) in [5.74, 6) is 0.0317. The van der Waals surface area contributed by atoms with Crippen LogP contribution in [-0.2, 0) is 32.1 Å². The standard InChI is InChI=1S/C25H28N2O5/c1-3-32-24(29)14-23(28)27-12-11-19-20-13-18(30-2)9-10-21(20)26-25(19)22(27)16-31-15-17-7-5-4-6-8-17/h4-10,13,22,26H,3,11-12,14-16H2,1-2H3. The lowest BCUT2D eigenvalue weighted by Crippen LogP contribution is -2.42. The van der Waals surface area contributed by atoms with Gasteiger partial charge in [-0.2, -0.15) is 0 Å². The van der Waals surface area contributed by atoms with Crippen LogP contribution >= 0.6 is 0 Å². The van der Waals surface area contributed by atoms with Crippen molar-refractivity contribution in [3.8, 4) is 5.75 Å². The average molecular weight is 437 g/mol. The second-order valence-corrected chi connectivity index (χ2v) is 7.76. The fraction of sp³-hybridized carbons (Fsp3) is 0.360. The molecule has 0 spiro atoms. The molecule has 0 saturated carbocycles. The van der Waals surface area contributed by atoms with E-state index in [1.165, 1.54) is 0 Å². The number of amides is 1. The van der Waals surface area contributed by atoms with Gasteiger partial charge in [0, 0.05) is 23.1 Å². The van der Waals surface area contributed by atoms with E-state index in [1.807, 2.05) is 48.5 Å². The van der Waals surface area contributed by atoms with Crippen LogP contribution in [0.1, 0.15) is 36.2 Å². The molecule has 3 aromatic rings. The number of esters is 1. The largest absolute Gasteiger partial charge is 0.497 e. The molecule has 7 nitrogen and oxygen atoms in total. The van der Waals surface area contributed by atoms with Gasteiger partial charge in [-0.1, -0.05) is 30.3 Å². The van der Waals surface area contributed by atoms with Crippen LogP contribution in [0.25, 0.3) is 10.9 Å². The highest BCUT2D eigenvalue weighted by Crippen LogP contribution is 2.36. The van der Waals surface area contributed by atoms with Crippen LogP contribution in [0, 0.1) is 0 Å². The fourth-order valence-corrected chi connectivity index (χ4v) is 4.24. The van der Waals surface area contributed by atoms with Crippen molar-refractivity contribution in [2.45, 2.75) is 32.4 Å². The Morgan fingerprint density at radius 3 is 2.72 bits per heavy atom. The fourth-order valence-electron chi connectivity index (χ4n) is 4.24. The first-order chi connectivity index (χ1) is 15.6. The van der Waals surface area contributed by atoms with Gasteiger partial charge in [-0.25, -0.2) is 0 Å². The molecule has 2 heterocycles. The van der Waals surface area contributed by atoms with Crippen molar-refractivity contribution < 1.29 is 23.8 Å². The summed E-state index contributed by atoms with van der Waals surface area (Å²) in [6.45, 7) is 3.26. The molecule has 0 aliphatic carbocycles.